The molecule has 7 heteroatoms. The highest BCUT2D eigenvalue weighted by atomic mass is 79.9. The summed E-state index contributed by atoms with van der Waals surface area (Å²) in [5.74, 6) is -0.0968. The van der Waals surface area contributed by atoms with Crippen molar-refractivity contribution >= 4 is 33.5 Å². The van der Waals surface area contributed by atoms with Crippen LogP contribution in [0.1, 0.15) is 24.3 Å². The van der Waals surface area contributed by atoms with Gasteiger partial charge in [-0.1, -0.05) is 11.6 Å². The van der Waals surface area contributed by atoms with Gasteiger partial charge in [-0.05, 0) is 41.9 Å². The molecule has 19 heavy (non-hydrogen) atoms. The zero-order valence-electron chi connectivity index (χ0n) is 10.3. The number of hydrogen-bond donors (Lipinski definition) is 0. The molecule has 0 radical (unpaired) electrons. The number of hydrogen-bond acceptors (Lipinski definition) is 4. The molecule has 100 valence electrons. The van der Waals surface area contributed by atoms with Gasteiger partial charge in [0.05, 0.1) is 11.1 Å². The summed E-state index contributed by atoms with van der Waals surface area (Å²) in [7, 11) is 0. The first-order valence-corrected chi connectivity index (χ1v) is 6.73. The smallest absolute Gasteiger partial charge is 0.357 e. The van der Waals surface area contributed by atoms with Crippen molar-refractivity contribution in [3.8, 4) is 5.82 Å². The molecule has 2 rings (SSSR count). The molecule has 0 aliphatic rings. The van der Waals surface area contributed by atoms with Gasteiger partial charge in [0.25, 0.3) is 0 Å². The standard InChI is InChI=1S/C12H11BrClN3O2/c1-7(2)19-12(18)9-6-10(13)16-17(9)11-8(14)4-3-5-15-11/h3-7H,1-2H3. The third kappa shape index (κ3) is 3.13. The predicted octanol–water partition coefficient (Wildman–Crippen LogP) is 3.25. The van der Waals surface area contributed by atoms with E-state index in [2.05, 4.69) is 26.0 Å². The molecule has 2 aromatic rings. The van der Waals surface area contributed by atoms with Gasteiger partial charge in [-0.15, -0.1) is 0 Å². The van der Waals surface area contributed by atoms with Gasteiger partial charge in [0.15, 0.2) is 11.5 Å². The Hall–Kier alpha value is -1.40. The van der Waals surface area contributed by atoms with Crippen molar-refractivity contribution in [1.82, 2.24) is 14.8 Å². The van der Waals surface area contributed by atoms with Crippen molar-refractivity contribution < 1.29 is 9.53 Å². The Morgan fingerprint density at radius 3 is 2.89 bits per heavy atom. The summed E-state index contributed by atoms with van der Waals surface area (Å²) in [6.07, 6.45) is 1.36. The summed E-state index contributed by atoms with van der Waals surface area (Å²) in [6.45, 7) is 3.56. The Labute approximate surface area is 123 Å². The summed E-state index contributed by atoms with van der Waals surface area (Å²) in [6, 6.07) is 4.95. The van der Waals surface area contributed by atoms with E-state index in [0.717, 1.165) is 0 Å². The second-order valence-corrected chi connectivity index (χ2v) is 5.25. The molecule has 0 fully saturated rings. The van der Waals surface area contributed by atoms with Crippen molar-refractivity contribution in [2.24, 2.45) is 0 Å². The monoisotopic (exact) mass is 343 g/mol. The normalized spacial score (nSPS) is 10.8. The van der Waals surface area contributed by atoms with Crippen LogP contribution in [0.5, 0.6) is 0 Å². The van der Waals surface area contributed by atoms with E-state index in [4.69, 9.17) is 16.3 Å². The van der Waals surface area contributed by atoms with Crippen LogP contribution in [-0.2, 0) is 4.74 Å². The van der Waals surface area contributed by atoms with Crippen LogP contribution in [0.3, 0.4) is 0 Å². The first-order valence-electron chi connectivity index (χ1n) is 5.56. The topological polar surface area (TPSA) is 57.0 Å². The number of esters is 1. The van der Waals surface area contributed by atoms with E-state index in [1.54, 1.807) is 38.2 Å². The zero-order chi connectivity index (χ0) is 14.0. The maximum atomic E-state index is 12.0. The van der Waals surface area contributed by atoms with Crippen LogP contribution in [0, 0.1) is 0 Å². The van der Waals surface area contributed by atoms with Crippen LogP contribution in [0.15, 0.2) is 29.0 Å². The number of aromatic nitrogens is 3. The molecule has 2 heterocycles. The molecule has 0 saturated carbocycles. The third-order valence-electron chi connectivity index (χ3n) is 2.17. The van der Waals surface area contributed by atoms with Crippen molar-refractivity contribution in [3.05, 3.63) is 39.7 Å². The lowest BCUT2D eigenvalue weighted by molar-refractivity contribution is 0.0367. The predicted molar refractivity (Wildman–Crippen MR) is 74.6 cm³/mol. The highest BCUT2D eigenvalue weighted by Crippen LogP contribution is 2.21. The van der Waals surface area contributed by atoms with E-state index in [1.807, 2.05) is 0 Å². The average molecular weight is 345 g/mol. The maximum absolute atomic E-state index is 12.0. The number of carbonyl (C=O) groups is 1. The minimum atomic E-state index is -0.477. The van der Waals surface area contributed by atoms with Gasteiger partial charge >= 0.3 is 5.97 Å². The van der Waals surface area contributed by atoms with Gasteiger partial charge in [-0.3, -0.25) is 0 Å². The van der Waals surface area contributed by atoms with E-state index >= 15 is 0 Å². The van der Waals surface area contributed by atoms with Crippen LogP contribution in [0.25, 0.3) is 5.82 Å². The first kappa shape index (κ1) is 14.0. The SMILES string of the molecule is CC(C)OC(=O)c1cc(Br)nn1-c1ncccc1Cl. The molecule has 0 atom stereocenters. The third-order valence-corrected chi connectivity index (χ3v) is 2.85. The summed E-state index contributed by atoms with van der Waals surface area (Å²) < 4.78 is 7.02. The van der Waals surface area contributed by atoms with Gasteiger partial charge in [0.2, 0.25) is 0 Å². The van der Waals surface area contributed by atoms with Crippen LogP contribution < -0.4 is 0 Å². The van der Waals surface area contributed by atoms with E-state index in [1.165, 1.54) is 4.68 Å². The fourth-order valence-corrected chi connectivity index (χ4v) is 2.04. The molecule has 0 aliphatic heterocycles. The fraction of sp³-hybridized carbons (Fsp3) is 0.250. The molecular weight excluding hydrogens is 334 g/mol. The lowest BCUT2D eigenvalue weighted by atomic mass is 10.4. The lowest BCUT2D eigenvalue weighted by Gasteiger charge is -2.09. The summed E-state index contributed by atoms with van der Waals surface area (Å²) >= 11 is 9.29. The van der Waals surface area contributed by atoms with E-state index in [9.17, 15) is 4.79 Å². The minimum absolute atomic E-state index is 0.214. The lowest BCUT2D eigenvalue weighted by Crippen LogP contribution is -2.16. The van der Waals surface area contributed by atoms with Gasteiger partial charge < -0.3 is 4.74 Å². The molecule has 0 saturated heterocycles. The second-order valence-electron chi connectivity index (χ2n) is 4.03. The molecule has 0 unspecified atom stereocenters. The average Bonchev–Trinajstić information content (AvgIpc) is 2.71. The zero-order valence-corrected chi connectivity index (χ0v) is 12.6. The molecule has 2 aromatic heterocycles. The summed E-state index contributed by atoms with van der Waals surface area (Å²) in [4.78, 5) is 16.1. The van der Waals surface area contributed by atoms with Crippen LogP contribution in [0.2, 0.25) is 5.02 Å². The Morgan fingerprint density at radius 1 is 1.53 bits per heavy atom. The van der Waals surface area contributed by atoms with Gasteiger partial charge in [0.1, 0.15) is 4.60 Å². The van der Waals surface area contributed by atoms with E-state index < -0.39 is 5.97 Å². The highest BCUT2D eigenvalue weighted by molar-refractivity contribution is 9.10. The number of carbonyl (C=O) groups excluding carboxylic acids is 1. The number of halogens is 2. The van der Waals surface area contributed by atoms with Crippen LogP contribution in [-0.4, -0.2) is 26.8 Å². The quantitative estimate of drug-likeness (QED) is 0.802. The van der Waals surface area contributed by atoms with Gasteiger partial charge in [-0.25, -0.2) is 14.5 Å². The van der Waals surface area contributed by atoms with Crippen molar-refractivity contribution in [2.45, 2.75) is 20.0 Å². The largest absolute Gasteiger partial charge is 0.458 e. The molecular formula is C12H11BrClN3O2. The number of nitrogens with zero attached hydrogens (tertiary/aromatic N) is 3. The molecule has 0 spiro atoms. The first-order chi connectivity index (χ1) is 8.99. The van der Waals surface area contributed by atoms with Crippen molar-refractivity contribution in [1.29, 1.82) is 0 Å². The van der Waals surface area contributed by atoms with Gasteiger partial charge in [-0.2, -0.15) is 5.10 Å². The summed E-state index contributed by atoms with van der Waals surface area (Å²) in [5, 5.41) is 4.56. The molecule has 5 nitrogen and oxygen atoms in total. The van der Waals surface area contributed by atoms with E-state index in [0.29, 0.717) is 15.4 Å². The molecule has 0 bridgehead atoms. The highest BCUT2D eigenvalue weighted by Gasteiger charge is 2.20. The summed E-state index contributed by atoms with van der Waals surface area (Å²) in [5.41, 5.74) is 0.265. The Kier molecular flexibility index (Phi) is 4.21. The van der Waals surface area contributed by atoms with Crippen molar-refractivity contribution in [2.75, 3.05) is 0 Å². The van der Waals surface area contributed by atoms with Crippen LogP contribution in [0.4, 0.5) is 0 Å². The molecule has 0 N–H and O–H groups in total. The van der Waals surface area contributed by atoms with Crippen molar-refractivity contribution in [3.63, 3.8) is 0 Å². The Morgan fingerprint density at radius 2 is 2.26 bits per heavy atom. The molecule has 0 amide bonds. The molecule has 0 aliphatic carbocycles. The second kappa shape index (κ2) is 5.71. The Bertz CT molecular complexity index is 613. The number of ether oxygens (including phenoxy) is 1. The molecule has 0 aromatic carbocycles. The van der Waals surface area contributed by atoms with Crippen LogP contribution >= 0.6 is 27.5 Å². The minimum Gasteiger partial charge on any atom is -0.458 e. The fourth-order valence-electron chi connectivity index (χ4n) is 1.47. The number of pyridine rings is 1. The number of rotatable bonds is 3. The maximum Gasteiger partial charge on any atom is 0.357 e. The Balaban J connectivity index is 2.47. The van der Waals surface area contributed by atoms with E-state index in [-0.39, 0.29) is 11.8 Å². The van der Waals surface area contributed by atoms with Gasteiger partial charge in [0, 0.05) is 12.3 Å².